The van der Waals surface area contributed by atoms with Crippen molar-refractivity contribution in [1.29, 1.82) is 0 Å². The third-order valence-electron chi connectivity index (χ3n) is 6.55. The molecule has 146 valence electrons. The molecule has 2 amide bonds. The average molecular weight is 370 g/mol. The summed E-state index contributed by atoms with van der Waals surface area (Å²) in [5.74, 6) is 2.30. The molecule has 6 nitrogen and oxygen atoms in total. The summed E-state index contributed by atoms with van der Waals surface area (Å²) in [4.78, 5) is 37.4. The fourth-order valence-electron chi connectivity index (χ4n) is 4.78. The Morgan fingerprint density at radius 2 is 1.96 bits per heavy atom. The summed E-state index contributed by atoms with van der Waals surface area (Å²) in [5.41, 5.74) is 2.13. The first-order chi connectivity index (χ1) is 13.1. The quantitative estimate of drug-likeness (QED) is 0.817. The number of amides is 2. The molecule has 3 aliphatic rings. The van der Waals surface area contributed by atoms with Gasteiger partial charge in [0.2, 0.25) is 11.8 Å². The van der Waals surface area contributed by atoms with Crippen LogP contribution in [0.1, 0.15) is 74.9 Å². The summed E-state index contributed by atoms with van der Waals surface area (Å²) in [5, 5.41) is 0. The highest BCUT2D eigenvalue weighted by atomic mass is 16.2. The van der Waals surface area contributed by atoms with Crippen LogP contribution in [0.3, 0.4) is 0 Å². The highest BCUT2D eigenvalue weighted by molar-refractivity contribution is 5.76. The molecule has 4 rings (SSSR count). The molecule has 0 radical (unpaired) electrons. The van der Waals surface area contributed by atoms with Gasteiger partial charge in [-0.25, -0.2) is 9.97 Å². The van der Waals surface area contributed by atoms with Crippen molar-refractivity contribution in [3.63, 3.8) is 0 Å². The van der Waals surface area contributed by atoms with E-state index in [1.807, 2.05) is 16.0 Å². The largest absolute Gasteiger partial charge is 0.342 e. The molecule has 1 atom stereocenters. The van der Waals surface area contributed by atoms with E-state index >= 15 is 0 Å². The Hall–Kier alpha value is -1.98. The maximum absolute atomic E-state index is 12.6. The Bertz CT molecular complexity index is 714. The second kappa shape index (κ2) is 7.95. The van der Waals surface area contributed by atoms with Gasteiger partial charge < -0.3 is 9.80 Å². The summed E-state index contributed by atoms with van der Waals surface area (Å²) in [6.07, 6.45) is 10.7. The summed E-state index contributed by atoms with van der Waals surface area (Å²) in [6, 6.07) is 0. The summed E-state index contributed by atoms with van der Waals surface area (Å²) in [7, 11) is 0. The molecule has 6 heteroatoms. The topological polar surface area (TPSA) is 66.4 Å². The molecule has 0 bridgehead atoms. The predicted molar refractivity (Wildman–Crippen MR) is 102 cm³/mol. The van der Waals surface area contributed by atoms with Gasteiger partial charge in [-0.05, 0) is 18.8 Å². The van der Waals surface area contributed by atoms with E-state index in [2.05, 4.69) is 4.98 Å². The average Bonchev–Trinajstić information content (AvgIpc) is 3.37. The van der Waals surface area contributed by atoms with Crippen LogP contribution < -0.4 is 0 Å². The van der Waals surface area contributed by atoms with Crippen molar-refractivity contribution in [2.75, 3.05) is 19.6 Å². The van der Waals surface area contributed by atoms with Gasteiger partial charge in [0.15, 0.2) is 0 Å². The number of nitrogens with zero attached hydrogens (tertiary/aromatic N) is 4. The number of rotatable bonds is 4. The Balaban J connectivity index is 1.33. The van der Waals surface area contributed by atoms with Gasteiger partial charge in [-0.15, -0.1) is 0 Å². The van der Waals surface area contributed by atoms with Crippen LogP contribution in [-0.2, 0) is 22.6 Å². The van der Waals surface area contributed by atoms with Crippen molar-refractivity contribution in [2.45, 2.75) is 70.8 Å². The Kier molecular flexibility index (Phi) is 5.41. The number of hydrogen-bond donors (Lipinski definition) is 0. The number of hydrogen-bond acceptors (Lipinski definition) is 4. The lowest BCUT2D eigenvalue weighted by atomic mass is 10.0. The van der Waals surface area contributed by atoms with Gasteiger partial charge in [-0.2, -0.15) is 0 Å². The molecule has 1 aromatic rings. The van der Waals surface area contributed by atoms with Crippen LogP contribution >= 0.6 is 0 Å². The number of carbonyl (C=O) groups excluding carboxylic acids is 2. The number of likely N-dealkylation sites (tertiary alicyclic amines) is 1. The second-order valence-corrected chi connectivity index (χ2v) is 8.41. The molecule has 2 aliphatic heterocycles. The minimum absolute atomic E-state index is 0.104. The fourth-order valence-corrected chi connectivity index (χ4v) is 4.78. The van der Waals surface area contributed by atoms with E-state index in [9.17, 15) is 9.59 Å². The van der Waals surface area contributed by atoms with Crippen molar-refractivity contribution >= 4 is 11.8 Å². The number of aromatic nitrogens is 2. The zero-order chi connectivity index (χ0) is 18.8. The molecule has 0 unspecified atom stereocenters. The monoisotopic (exact) mass is 370 g/mol. The first-order valence-electron chi connectivity index (χ1n) is 10.5. The summed E-state index contributed by atoms with van der Waals surface area (Å²) < 4.78 is 0. The molecule has 3 heterocycles. The fraction of sp³-hybridized carbons (Fsp3) is 0.714. The van der Waals surface area contributed by atoms with Gasteiger partial charge in [0.1, 0.15) is 5.82 Å². The van der Waals surface area contributed by atoms with Crippen LogP contribution in [-0.4, -0.2) is 51.2 Å². The van der Waals surface area contributed by atoms with E-state index in [0.717, 1.165) is 61.9 Å². The Morgan fingerprint density at radius 3 is 2.74 bits per heavy atom. The van der Waals surface area contributed by atoms with Crippen LogP contribution in [0, 0.1) is 5.92 Å². The molecular weight excluding hydrogens is 340 g/mol. The normalized spacial score (nSPS) is 22.9. The summed E-state index contributed by atoms with van der Waals surface area (Å²) in [6.45, 7) is 4.53. The SMILES string of the molecule is CC(=O)N1CCc2nc([C@@H]3CCN(C(=O)CCC4CCCC4)C3)ncc2C1. The van der Waals surface area contributed by atoms with E-state index in [0.29, 0.717) is 18.9 Å². The summed E-state index contributed by atoms with van der Waals surface area (Å²) >= 11 is 0. The van der Waals surface area contributed by atoms with Gasteiger partial charge in [0, 0.05) is 63.6 Å². The molecule has 2 fully saturated rings. The lowest BCUT2D eigenvalue weighted by molar-refractivity contribution is -0.131. The van der Waals surface area contributed by atoms with E-state index in [-0.39, 0.29) is 11.8 Å². The number of carbonyl (C=O) groups is 2. The van der Waals surface area contributed by atoms with Crippen molar-refractivity contribution in [3.05, 3.63) is 23.3 Å². The first kappa shape index (κ1) is 18.4. The third-order valence-corrected chi connectivity index (χ3v) is 6.55. The minimum atomic E-state index is 0.104. The Morgan fingerprint density at radius 1 is 1.15 bits per heavy atom. The van der Waals surface area contributed by atoms with Gasteiger partial charge in [0.25, 0.3) is 0 Å². The maximum atomic E-state index is 12.6. The highest BCUT2D eigenvalue weighted by Gasteiger charge is 2.30. The second-order valence-electron chi connectivity index (χ2n) is 8.41. The molecule has 1 aliphatic carbocycles. The Labute approximate surface area is 161 Å². The van der Waals surface area contributed by atoms with E-state index < -0.39 is 0 Å². The van der Waals surface area contributed by atoms with E-state index in [1.165, 1.54) is 25.7 Å². The van der Waals surface area contributed by atoms with Crippen molar-refractivity contribution in [3.8, 4) is 0 Å². The van der Waals surface area contributed by atoms with Gasteiger partial charge >= 0.3 is 0 Å². The van der Waals surface area contributed by atoms with Crippen molar-refractivity contribution in [2.24, 2.45) is 5.92 Å². The zero-order valence-corrected chi connectivity index (χ0v) is 16.3. The first-order valence-corrected chi connectivity index (χ1v) is 10.5. The van der Waals surface area contributed by atoms with E-state index in [4.69, 9.17) is 4.98 Å². The number of fused-ring (bicyclic) bond motifs is 1. The molecule has 0 N–H and O–H groups in total. The highest BCUT2D eigenvalue weighted by Crippen LogP contribution is 2.30. The molecule has 1 saturated carbocycles. The van der Waals surface area contributed by atoms with Crippen LogP contribution in [0.4, 0.5) is 0 Å². The molecular formula is C21H30N4O2. The van der Waals surface area contributed by atoms with Gasteiger partial charge in [-0.3, -0.25) is 9.59 Å². The van der Waals surface area contributed by atoms with E-state index in [1.54, 1.807) is 6.92 Å². The maximum Gasteiger partial charge on any atom is 0.222 e. The predicted octanol–water partition coefficient (Wildman–Crippen LogP) is 2.67. The van der Waals surface area contributed by atoms with Crippen LogP contribution in [0.15, 0.2) is 6.20 Å². The minimum Gasteiger partial charge on any atom is -0.342 e. The standard InChI is InChI=1S/C21H30N4O2/c1-15(26)24-11-9-19-18(14-24)12-22-21(23-19)17-8-10-25(13-17)20(27)7-6-16-4-2-3-5-16/h12,16-17H,2-11,13-14H2,1H3/t17-/m1/s1. The van der Waals surface area contributed by atoms with Crippen molar-refractivity contribution < 1.29 is 9.59 Å². The van der Waals surface area contributed by atoms with Crippen molar-refractivity contribution in [1.82, 2.24) is 19.8 Å². The van der Waals surface area contributed by atoms with Crippen LogP contribution in [0.25, 0.3) is 0 Å². The van der Waals surface area contributed by atoms with Crippen LogP contribution in [0.5, 0.6) is 0 Å². The van der Waals surface area contributed by atoms with Gasteiger partial charge in [-0.1, -0.05) is 25.7 Å². The lowest BCUT2D eigenvalue weighted by Gasteiger charge is -2.27. The molecule has 1 aromatic heterocycles. The zero-order valence-electron chi connectivity index (χ0n) is 16.3. The van der Waals surface area contributed by atoms with Crippen LogP contribution in [0.2, 0.25) is 0 Å². The smallest absolute Gasteiger partial charge is 0.222 e. The molecule has 0 spiro atoms. The molecule has 0 aromatic carbocycles. The molecule has 1 saturated heterocycles. The third kappa shape index (κ3) is 4.14. The molecule has 27 heavy (non-hydrogen) atoms. The lowest BCUT2D eigenvalue weighted by Crippen LogP contribution is -2.35. The van der Waals surface area contributed by atoms with Gasteiger partial charge in [0.05, 0.1) is 5.69 Å².